The number of anilines is 1. The number of carbonyl (C=O) groups excluding carboxylic acids is 2. The summed E-state index contributed by atoms with van der Waals surface area (Å²) in [5, 5.41) is 6.96. The van der Waals surface area contributed by atoms with Crippen molar-refractivity contribution >= 4 is 17.6 Å². The number of benzene rings is 1. The van der Waals surface area contributed by atoms with E-state index in [-0.39, 0.29) is 17.7 Å². The van der Waals surface area contributed by atoms with E-state index in [2.05, 4.69) is 20.4 Å². The Hall–Kier alpha value is -3.55. The predicted molar refractivity (Wildman–Crippen MR) is 112 cm³/mol. The molecule has 8 heteroatoms. The van der Waals surface area contributed by atoms with Gasteiger partial charge in [-0.25, -0.2) is 14.6 Å². The first-order valence-corrected chi connectivity index (χ1v) is 10.0. The van der Waals surface area contributed by atoms with Gasteiger partial charge in [-0.2, -0.15) is 5.10 Å². The third-order valence-corrected chi connectivity index (χ3v) is 5.33. The second kappa shape index (κ2) is 8.86. The third-order valence-electron chi connectivity index (χ3n) is 5.33. The fourth-order valence-corrected chi connectivity index (χ4v) is 3.55. The number of aryl methyl sites for hydroxylation is 1. The van der Waals surface area contributed by atoms with Gasteiger partial charge in [-0.3, -0.25) is 9.59 Å². The van der Waals surface area contributed by atoms with Gasteiger partial charge in [0.2, 0.25) is 5.91 Å². The Kier molecular flexibility index (Phi) is 5.83. The predicted octanol–water partition coefficient (Wildman–Crippen LogP) is 2.52. The Morgan fingerprint density at radius 3 is 2.50 bits per heavy atom. The molecule has 4 rings (SSSR count). The van der Waals surface area contributed by atoms with Crippen LogP contribution in [-0.4, -0.2) is 49.6 Å². The summed E-state index contributed by atoms with van der Waals surface area (Å²) in [4.78, 5) is 35.3. The van der Waals surface area contributed by atoms with E-state index in [0.29, 0.717) is 43.9 Å². The lowest BCUT2D eigenvalue weighted by Crippen LogP contribution is -2.41. The van der Waals surface area contributed by atoms with Crippen molar-refractivity contribution in [3.8, 4) is 0 Å². The number of likely N-dealkylation sites (tertiary alicyclic amines) is 1. The van der Waals surface area contributed by atoms with Gasteiger partial charge in [-0.05, 0) is 49.1 Å². The highest BCUT2D eigenvalue weighted by atomic mass is 16.2. The first-order chi connectivity index (χ1) is 14.6. The molecule has 0 spiro atoms. The Morgan fingerprint density at radius 2 is 1.87 bits per heavy atom. The Labute approximate surface area is 175 Å². The van der Waals surface area contributed by atoms with Crippen LogP contribution in [0.25, 0.3) is 0 Å². The van der Waals surface area contributed by atoms with Gasteiger partial charge >= 0.3 is 0 Å². The summed E-state index contributed by atoms with van der Waals surface area (Å²) in [5.41, 5.74) is 2.76. The number of carbonyl (C=O) groups is 2. The van der Waals surface area contributed by atoms with Crippen LogP contribution in [0, 0.1) is 12.8 Å². The molecule has 30 heavy (non-hydrogen) atoms. The quantitative estimate of drug-likeness (QED) is 0.705. The highest BCUT2D eigenvalue weighted by Gasteiger charge is 2.28. The van der Waals surface area contributed by atoms with E-state index >= 15 is 0 Å². The van der Waals surface area contributed by atoms with Crippen LogP contribution < -0.4 is 5.32 Å². The molecule has 2 aromatic heterocycles. The molecule has 0 radical (unpaired) electrons. The molecule has 154 valence electrons. The average Bonchev–Trinajstić information content (AvgIpc) is 3.28. The Balaban J connectivity index is 1.29. The number of piperidine rings is 1. The van der Waals surface area contributed by atoms with Crippen LogP contribution in [0.5, 0.6) is 0 Å². The van der Waals surface area contributed by atoms with Crippen molar-refractivity contribution in [3.05, 3.63) is 71.9 Å². The minimum absolute atomic E-state index is 0.00126. The van der Waals surface area contributed by atoms with Gasteiger partial charge in [-0.15, -0.1) is 0 Å². The second-order valence-corrected chi connectivity index (χ2v) is 7.57. The first kappa shape index (κ1) is 19.8. The van der Waals surface area contributed by atoms with E-state index < -0.39 is 0 Å². The molecule has 1 N–H and O–H groups in total. The lowest BCUT2D eigenvalue weighted by Gasteiger charge is -2.31. The molecule has 1 aliphatic heterocycles. The van der Waals surface area contributed by atoms with Crippen molar-refractivity contribution < 1.29 is 9.59 Å². The summed E-state index contributed by atoms with van der Waals surface area (Å²) in [7, 11) is 0. The molecule has 0 bridgehead atoms. The molecule has 3 aromatic rings. The molecule has 0 aliphatic carbocycles. The number of amides is 2. The number of hydrogen-bond acceptors (Lipinski definition) is 5. The summed E-state index contributed by atoms with van der Waals surface area (Å²) in [5.74, 6) is 0.426. The zero-order valence-corrected chi connectivity index (χ0v) is 16.9. The minimum Gasteiger partial charge on any atom is -0.339 e. The molecule has 1 fully saturated rings. The first-order valence-electron chi connectivity index (χ1n) is 10.0. The maximum atomic E-state index is 12.8. The second-order valence-electron chi connectivity index (χ2n) is 7.57. The third kappa shape index (κ3) is 4.71. The molecule has 3 heterocycles. The summed E-state index contributed by atoms with van der Waals surface area (Å²) in [6.45, 7) is 3.71. The summed E-state index contributed by atoms with van der Waals surface area (Å²) in [6, 6.07) is 11.3. The van der Waals surface area contributed by atoms with Crippen molar-refractivity contribution in [2.45, 2.75) is 26.3 Å². The zero-order valence-electron chi connectivity index (χ0n) is 16.9. The van der Waals surface area contributed by atoms with Crippen molar-refractivity contribution in [2.24, 2.45) is 5.92 Å². The summed E-state index contributed by atoms with van der Waals surface area (Å²) < 4.78 is 1.73. The summed E-state index contributed by atoms with van der Waals surface area (Å²) in [6.07, 6.45) is 6.18. The number of aromatic nitrogens is 4. The number of pyridine rings is 1. The maximum Gasteiger partial charge on any atom is 0.253 e. The van der Waals surface area contributed by atoms with Gasteiger partial charge in [0, 0.05) is 30.8 Å². The average molecular weight is 404 g/mol. The van der Waals surface area contributed by atoms with Gasteiger partial charge in [0.25, 0.3) is 5.91 Å². The fourth-order valence-electron chi connectivity index (χ4n) is 3.55. The van der Waals surface area contributed by atoms with Crippen LogP contribution in [0.3, 0.4) is 0 Å². The SMILES string of the molecule is Cc1ccc(NC(=O)C2CCN(C(=O)c3ccc(Cn4cncn4)cc3)CC2)nc1. The molecule has 1 aliphatic rings. The van der Waals surface area contributed by atoms with E-state index in [1.165, 1.54) is 6.33 Å². The number of rotatable bonds is 5. The van der Waals surface area contributed by atoms with E-state index in [4.69, 9.17) is 0 Å². The van der Waals surface area contributed by atoms with Crippen LogP contribution >= 0.6 is 0 Å². The smallest absolute Gasteiger partial charge is 0.253 e. The van der Waals surface area contributed by atoms with Crippen LogP contribution in [0.15, 0.2) is 55.2 Å². The van der Waals surface area contributed by atoms with Crippen molar-refractivity contribution in [1.82, 2.24) is 24.6 Å². The van der Waals surface area contributed by atoms with Crippen LogP contribution in [-0.2, 0) is 11.3 Å². The molecule has 0 saturated carbocycles. The van der Waals surface area contributed by atoms with E-state index in [1.54, 1.807) is 23.3 Å². The standard InChI is InChI=1S/C22H24N6O2/c1-16-2-7-20(24-12-16)26-21(29)18-8-10-27(11-9-18)22(30)19-5-3-17(4-6-19)13-28-15-23-14-25-28/h2-7,12,14-15,18H,8-11,13H2,1H3,(H,24,26,29). The van der Waals surface area contributed by atoms with Crippen LogP contribution in [0.4, 0.5) is 5.82 Å². The largest absolute Gasteiger partial charge is 0.339 e. The molecule has 1 aromatic carbocycles. The number of nitrogens with one attached hydrogen (secondary N) is 1. The van der Waals surface area contributed by atoms with Gasteiger partial charge in [0.1, 0.15) is 18.5 Å². The molecule has 2 amide bonds. The van der Waals surface area contributed by atoms with Crippen molar-refractivity contribution in [2.75, 3.05) is 18.4 Å². The lowest BCUT2D eigenvalue weighted by molar-refractivity contribution is -0.121. The number of hydrogen-bond donors (Lipinski definition) is 1. The lowest BCUT2D eigenvalue weighted by atomic mass is 9.95. The molecule has 0 unspecified atom stereocenters. The zero-order chi connectivity index (χ0) is 20.9. The van der Waals surface area contributed by atoms with E-state index in [9.17, 15) is 9.59 Å². The monoisotopic (exact) mass is 404 g/mol. The molecule has 0 atom stereocenters. The van der Waals surface area contributed by atoms with Crippen LogP contribution in [0.1, 0.15) is 34.3 Å². The molecular formula is C22H24N6O2. The highest BCUT2D eigenvalue weighted by Crippen LogP contribution is 2.21. The Morgan fingerprint density at radius 1 is 1.10 bits per heavy atom. The minimum atomic E-state index is -0.109. The number of nitrogens with zero attached hydrogens (tertiary/aromatic N) is 5. The Bertz CT molecular complexity index is 991. The van der Waals surface area contributed by atoms with E-state index in [1.807, 2.05) is 42.2 Å². The molecular weight excluding hydrogens is 380 g/mol. The van der Waals surface area contributed by atoms with Crippen LogP contribution in [0.2, 0.25) is 0 Å². The van der Waals surface area contributed by atoms with E-state index in [0.717, 1.165) is 11.1 Å². The summed E-state index contributed by atoms with van der Waals surface area (Å²) >= 11 is 0. The topological polar surface area (TPSA) is 93.0 Å². The normalized spacial score (nSPS) is 14.5. The van der Waals surface area contributed by atoms with Gasteiger partial charge in [0.15, 0.2) is 0 Å². The maximum absolute atomic E-state index is 12.8. The highest BCUT2D eigenvalue weighted by molar-refractivity contribution is 5.95. The molecule has 1 saturated heterocycles. The molecule has 8 nitrogen and oxygen atoms in total. The fraction of sp³-hybridized carbons (Fsp3) is 0.318. The van der Waals surface area contributed by atoms with Gasteiger partial charge < -0.3 is 10.2 Å². The van der Waals surface area contributed by atoms with Gasteiger partial charge in [-0.1, -0.05) is 18.2 Å². The van der Waals surface area contributed by atoms with Gasteiger partial charge in [0.05, 0.1) is 6.54 Å². The van der Waals surface area contributed by atoms with Crippen molar-refractivity contribution in [3.63, 3.8) is 0 Å². The van der Waals surface area contributed by atoms with Crippen molar-refractivity contribution in [1.29, 1.82) is 0 Å².